The number of hydrogen-bond donors (Lipinski definition) is 0. The first-order chi connectivity index (χ1) is 13.3. The molecule has 0 N–H and O–H groups in total. The predicted octanol–water partition coefficient (Wildman–Crippen LogP) is 2.52. The summed E-state index contributed by atoms with van der Waals surface area (Å²) < 4.78 is 7.81. The molecule has 1 unspecified atom stereocenters. The second-order valence-electron chi connectivity index (χ2n) is 7.76. The van der Waals surface area contributed by atoms with Gasteiger partial charge in [0.1, 0.15) is 11.8 Å². The number of aromatic nitrogens is 4. The van der Waals surface area contributed by atoms with E-state index < -0.39 is 0 Å². The Hall–Kier alpha value is -1.99. The number of hydrogen-bond acceptors (Lipinski definition) is 6. The highest BCUT2D eigenvalue weighted by molar-refractivity contribution is 5.39. The third-order valence-electron chi connectivity index (χ3n) is 6.02. The van der Waals surface area contributed by atoms with Crippen LogP contribution < -0.4 is 4.74 Å². The zero-order valence-corrected chi connectivity index (χ0v) is 16.4. The Labute approximate surface area is 161 Å². The van der Waals surface area contributed by atoms with Gasteiger partial charge in [-0.3, -0.25) is 4.90 Å². The van der Waals surface area contributed by atoms with E-state index in [1.807, 2.05) is 12.1 Å². The fraction of sp³-hybridized carbons (Fsp3) is 0.650. The van der Waals surface area contributed by atoms with E-state index in [-0.39, 0.29) is 6.04 Å². The van der Waals surface area contributed by atoms with Gasteiger partial charge in [-0.2, -0.15) is 0 Å². The smallest absolute Gasteiger partial charge is 0.173 e. The van der Waals surface area contributed by atoms with Gasteiger partial charge in [-0.25, -0.2) is 4.68 Å². The molecule has 2 fully saturated rings. The van der Waals surface area contributed by atoms with Crippen molar-refractivity contribution in [2.45, 2.75) is 44.2 Å². The summed E-state index contributed by atoms with van der Waals surface area (Å²) in [5.41, 5.74) is 1.15. The molecule has 0 spiro atoms. The third-order valence-corrected chi connectivity index (χ3v) is 6.02. The van der Waals surface area contributed by atoms with Crippen LogP contribution in [0.5, 0.6) is 5.75 Å². The Morgan fingerprint density at radius 1 is 1.04 bits per heavy atom. The number of methoxy groups -OCH3 is 1. The summed E-state index contributed by atoms with van der Waals surface area (Å²) in [6, 6.07) is 8.72. The zero-order chi connectivity index (χ0) is 18.6. The van der Waals surface area contributed by atoms with Gasteiger partial charge in [0.2, 0.25) is 0 Å². The van der Waals surface area contributed by atoms with Crippen LogP contribution in [-0.4, -0.2) is 70.3 Å². The lowest BCUT2D eigenvalue weighted by molar-refractivity contribution is 0.118. The molecule has 7 heteroatoms. The lowest BCUT2D eigenvalue weighted by Gasteiger charge is -2.38. The molecule has 0 radical (unpaired) electrons. The number of rotatable bonds is 5. The molecule has 1 aliphatic heterocycles. The molecule has 0 bridgehead atoms. The van der Waals surface area contributed by atoms with Gasteiger partial charge in [-0.05, 0) is 36.4 Å². The van der Waals surface area contributed by atoms with Gasteiger partial charge in [-0.15, -0.1) is 5.10 Å². The highest BCUT2D eigenvalue weighted by Gasteiger charge is 2.33. The molecule has 1 aromatic carbocycles. The molecule has 7 nitrogen and oxygen atoms in total. The fourth-order valence-corrected chi connectivity index (χ4v) is 4.44. The van der Waals surface area contributed by atoms with Gasteiger partial charge in [0.15, 0.2) is 5.82 Å². The quantitative estimate of drug-likeness (QED) is 0.806. The molecular formula is C20H30N6O. The van der Waals surface area contributed by atoms with Crippen molar-refractivity contribution in [3.05, 3.63) is 35.7 Å². The van der Waals surface area contributed by atoms with Crippen molar-refractivity contribution in [3.8, 4) is 5.75 Å². The molecule has 27 heavy (non-hydrogen) atoms. The highest BCUT2D eigenvalue weighted by atomic mass is 16.5. The summed E-state index contributed by atoms with van der Waals surface area (Å²) in [6.45, 7) is 4.10. The van der Waals surface area contributed by atoms with Gasteiger partial charge < -0.3 is 9.64 Å². The number of nitrogens with zero attached hydrogens (tertiary/aromatic N) is 6. The van der Waals surface area contributed by atoms with E-state index in [0.717, 1.165) is 43.3 Å². The summed E-state index contributed by atoms with van der Waals surface area (Å²) in [6.07, 6.45) is 6.18. The Morgan fingerprint density at radius 2 is 1.78 bits per heavy atom. The van der Waals surface area contributed by atoms with Crippen molar-refractivity contribution in [2.75, 3.05) is 40.3 Å². The van der Waals surface area contributed by atoms with E-state index in [2.05, 4.69) is 49.2 Å². The van der Waals surface area contributed by atoms with E-state index in [1.54, 1.807) is 7.11 Å². The van der Waals surface area contributed by atoms with Crippen LogP contribution in [0.4, 0.5) is 0 Å². The molecule has 1 aliphatic carbocycles. The van der Waals surface area contributed by atoms with Crippen LogP contribution in [-0.2, 0) is 0 Å². The molecule has 1 saturated heterocycles. The first kappa shape index (κ1) is 18.4. The number of ether oxygens (including phenoxy) is 1. The molecule has 4 rings (SSSR count). The SMILES string of the molecule is COc1ccccc1C(c1nnnn1C1CCCCC1)N1CCN(C)CC1. The molecule has 0 amide bonds. The van der Waals surface area contributed by atoms with Gasteiger partial charge in [0.25, 0.3) is 0 Å². The summed E-state index contributed by atoms with van der Waals surface area (Å²) in [5, 5.41) is 13.1. The van der Waals surface area contributed by atoms with Crippen molar-refractivity contribution in [1.82, 2.24) is 30.0 Å². The molecule has 1 saturated carbocycles. The monoisotopic (exact) mass is 370 g/mol. The summed E-state index contributed by atoms with van der Waals surface area (Å²) in [4.78, 5) is 4.88. The number of para-hydroxylation sites is 1. The zero-order valence-electron chi connectivity index (χ0n) is 16.4. The van der Waals surface area contributed by atoms with Crippen molar-refractivity contribution < 1.29 is 4.74 Å². The predicted molar refractivity (Wildman–Crippen MR) is 104 cm³/mol. The molecule has 146 valence electrons. The Balaban J connectivity index is 1.73. The van der Waals surface area contributed by atoms with Gasteiger partial charge in [-0.1, -0.05) is 37.5 Å². The van der Waals surface area contributed by atoms with Crippen LogP contribution in [0.15, 0.2) is 24.3 Å². The van der Waals surface area contributed by atoms with Crippen molar-refractivity contribution in [3.63, 3.8) is 0 Å². The number of tetrazole rings is 1. The molecule has 2 aliphatic rings. The van der Waals surface area contributed by atoms with Crippen LogP contribution in [0, 0.1) is 0 Å². The standard InChI is InChI=1S/C20H30N6O/c1-24-12-14-25(15-13-24)19(17-10-6-7-11-18(17)27-2)20-21-22-23-26(20)16-8-4-3-5-9-16/h6-7,10-11,16,19H,3-5,8-9,12-15H2,1-2H3. The second-order valence-corrected chi connectivity index (χ2v) is 7.76. The van der Waals surface area contributed by atoms with Crippen LogP contribution in [0.2, 0.25) is 0 Å². The Morgan fingerprint density at radius 3 is 2.52 bits per heavy atom. The Bertz CT molecular complexity index is 734. The fourth-order valence-electron chi connectivity index (χ4n) is 4.44. The molecular weight excluding hydrogens is 340 g/mol. The third kappa shape index (κ3) is 3.84. The van der Waals surface area contributed by atoms with Crippen LogP contribution in [0.3, 0.4) is 0 Å². The maximum atomic E-state index is 5.71. The maximum Gasteiger partial charge on any atom is 0.173 e. The number of benzene rings is 1. The van der Waals surface area contributed by atoms with Gasteiger partial charge in [0.05, 0.1) is 13.2 Å². The summed E-state index contributed by atoms with van der Waals surface area (Å²) in [5.74, 6) is 1.86. The molecule has 2 heterocycles. The molecule has 1 aromatic heterocycles. The first-order valence-corrected chi connectivity index (χ1v) is 10.1. The normalized spacial score (nSPS) is 21.3. The number of likely N-dealkylation sites (N-methyl/N-ethyl adjacent to an activating group) is 1. The van der Waals surface area contributed by atoms with Crippen LogP contribution in [0.25, 0.3) is 0 Å². The van der Waals surface area contributed by atoms with Crippen molar-refractivity contribution >= 4 is 0 Å². The maximum absolute atomic E-state index is 5.71. The minimum absolute atomic E-state index is 0.0202. The average molecular weight is 371 g/mol. The van der Waals surface area contributed by atoms with Gasteiger partial charge >= 0.3 is 0 Å². The summed E-state index contributed by atoms with van der Waals surface area (Å²) >= 11 is 0. The number of piperazine rings is 1. The van der Waals surface area contributed by atoms with E-state index in [9.17, 15) is 0 Å². The van der Waals surface area contributed by atoms with E-state index >= 15 is 0 Å². The average Bonchev–Trinajstić information content (AvgIpc) is 3.20. The van der Waals surface area contributed by atoms with E-state index in [1.165, 1.54) is 32.1 Å². The topological polar surface area (TPSA) is 59.3 Å². The molecule has 1 atom stereocenters. The lowest BCUT2D eigenvalue weighted by atomic mass is 9.95. The van der Waals surface area contributed by atoms with Crippen LogP contribution in [0.1, 0.15) is 55.6 Å². The highest BCUT2D eigenvalue weighted by Crippen LogP contribution is 2.36. The largest absolute Gasteiger partial charge is 0.496 e. The second kappa shape index (κ2) is 8.35. The van der Waals surface area contributed by atoms with Gasteiger partial charge in [0, 0.05) is 31.7 Å². The van der Waals surface area contributed by atoms with Crippen molar-refractivity contribution in [2.24, 2.45) is 0 Å². The lowest BCUT2D eigenvalue weighted by Crippen LogP contribution is -2.47. The minimum Gasteiger partial charge on any atom is -0.496 e. The van der Waals surface area contributed by atoms with E-state index in [4.69, 9.17) is 4.74 Å². The Kier molecular flexibility index (Phi) is 5.69. The van der Waals surface area contributed by atoms with E-state index in [0.29, 0.717) is 6.04 Å². The first-order valence-electron chi connectivity index (χ1n) is 10.1. The van der Waals surface area contributed by atoms with Crippen molar-refractivity contribution in [1.29, 1.82) is 0 Å². The minimum atomic E-state index is 0.0202. The van der Waals surface area contributed by atoms with Crippen LogP contribution >= 0.6 is 0 Å². The molecule has 2 aromatic rings. The summed E-state index contributed by atoms with van der Waals surface area (Å²) in [7, 11) is 3.92.